The molecule has 1 N–H and O–H groups in total. The number of nitrogens with zero attached hydrogens (tertiary/aromatic N) is 3. The topological polar surface area (TPSA) is 61.6 Å². The molecule has 0 spiro atoms. The molecule has 84 valence electrons. The first-order chi connectivity index (χ1) is 7.79. The van der Waals surface area contributed by atoms with Crippen LogP contribution in [0.25, 0.3) is 0 Å². The highest BCUT2D eigenvalue weighted by atomic mass is 15.0. The quantitative estimate of drug-likeness (QED) is 0.820. The lowest BCUT2D eigenvalue weighted by atomic mass is 10.0. The standard InChI is InChI=1S/C12H16N4/c1-2-3-12(4-5-12)9-16-11-10(8-13)14-6-7-15-11/h6-7H,2-5,9H2,1H3,(H,15,16). The van der Waals surface area contributed by atoms with Crippen molar-refractivity contribution in [1.82, 2.24) is 9.97 Å². The molecule has 0 bridgehead atoms. The lowest BCUT2D eigenvalue weighted by Gasteiger charge is -2.15. The molecule has 4 heteroatoms. The molecule has 0 amide bonds. The molecule has 0 aromatic carbocycles. The highest BCUT2D eigenvalue weighted by Gasteiger charge is 2.41. The molecule has 0 unspecified atom stereocenters. The second-order valence-electron chi connectivity index (χ2n) is 4.47. The summed E-state index contributed by atoms with van der Waals surface area (Å²) in [4.78, 5) is 8.12. The van der Waals surface area contributed by atoms with Crippen molar-refractivity contribution >= 4 is 5.82 Å². The van der Waals surface area contributed by atoms with E-state index in [-0.39, 0.29) is 0 Å². The average molecular weight is 216 g/mol. The van der Waals surface area contributed by atoms with E-state index in [0.29, 0.717) is 16.9 Å². The molecule has 1 aliphatic rings. The summed E-state index contributed by atoms with van der Waals surface area (Å²) < 4.78 is 0. The molecule has 0 saturated heterocycles. The first-order valence-corrected chi connectivity index (χ1v) is 5.75. The van der Waals surface area contributed by atoms with Crippen molar-refractivity contribution in [2.75, 3.05) is 11.9 Å². The van der Waals surface area contributed by atoms with Gasteiger partial charge < -0.3 is 5.32 Å². The van der Waals surface area contributed by atoms with E-state index in [0.717, 1.165) is 6.54 Å². The largest absolute Gasteiger partial charge is 0.367 e. The number of anilines is 1. The van der Waals surface area contributed by atoms with Gasteiger partial charge in [-0.3, -0.25) is 0 Å². The summed E-state index contributed by atoms with van der Waals surface area (Å²) in [6.07, 6.45) is 8.20. The Labute approximate surface area is 95.7 Å². The lowest BCUT2D eigenvalue weighted by Crippen LogP contribution is -2.16. The van der Waals surface area contributed by atoms with Crippen LogP contribution in [0.15, 0.2) is 12.4 Å². The van der Waals surface area contributed by atoms with E-state index < -0.39 is 0 Å². The fourth-order valence-corrected chi connectivity index (χ4v) is 2.04. The molecule has 0 aliphatic heterocycles. The Balaban J connectivity index is 1.97. The van der Waals surface area contributed by atoms with Crippen LogP contribution in [0.2, 0.25) is 0 Å². The zero-order valence-corrected chi connectivity index (χ0v) is 9.53. The van der Waals surface area contributed by atoms with Crippen LogP contribution < -0.4 is 5.32 Å². The average Bonchev–Trinajstić information content (AvgIpc) is 3.08. The molecule has 1 fully saturated rings. The SMILES string of the molecule is CCCC1(CNc2nccnc2C#N)CC1. The summed E-state index contributed by atoms with van der Waals surface area (Å²) in [6.45, 7) is 3.12. The maximum absolute atomic E-state index is 8.87. The van der Waals surface area contributed by atoms with E-state index >= 15 is 0 Å². The molecule has 0 radical (unpaired) electrons. The first-order valence-electron chi connectivity index (χ1n) is 5.75. The fraction of sp³-hybridized carbons (Fsp3) is 0.583. The van der Waals surface area contributed by atoms with Gasteiger partial charge in [0.1, 0.15) is 6.07 Å². The van der Waals surface area contributed by atoms with Crippen molar-refractivity contribution < 1.29 is 0 Å². The van der Waals surface area contributed by atoms with Crippen LogP contribution in [0.3, 0.4) is 0 Å². The zero-order valence-electron chi connectivity index (χ0n) is 9.53. The smallest absolute Gasteiger partial charge is 0.182 e. The number of nitriles is 1. The van der Waals surface area contributed by atoms with Crippen LogP contribution >= 0.6 is 0 Å². The minimum atomic E-state index is 0.384. The number of hydrogen-bond acceptors (Lipinski definition) is 4. The van der Waals surface area contributed by atoms with Crippen molar-refractivity contribution in [3.05, 3.63) is 18.1 Å². The minimum Gasteiger partial charge on any atom is -0.367 e. The van der Waals surface area contributed by atoms with Gasteiger partial charge in [-0.2, -0.15) is 5.26 Å². The van der Waals surface area contributed by atoms with Crippen LogP contribution in [0.1, 0.15) is 38.3 Å². The van der Waals surface area contributed by atoms with Gasteiger partial charge in [0, 0.05) is 18.9 Å². The summed E-state index contributed by atoms with van der Waals surface area (Å²) in [5, 5.41) is 12.1. The maximum Gasteiger partial charge on any atom is 0.182 e. The van der Waals surface area contributed by atoms with Crippen molar-refractivity contribution in [2.45, 2.75) is 32.6 Å². The maximum atomic E-state index is 8.87. The molecule has 1 aromatic heterocycles. The van der Waals surface area contributed by atoms with Gasteiger partial charge >= 0.3 is 0 Å². The molecular weight excluding hydrogens is 200 g/mol. The van der Waals surface area contributed by atoms with Gasteiger partial charge in [0.2, 0.25) is 0 Å². The Kier molecular flexibility index (Phi) is 3.04. The van der Waals surface area contributed by atoms with E-state index in [4.69, 9.17) is 5.26 Å². The molecule has 1 heterocycles. The minimum absolute atomic E-state index is 0.384. The van der Waals surface area contributed by atoms with Crippen LogP contribution in [0, 0.1) is 16.7 Å². The van der Waals surface area contributed by atoms with Gasteiger partial charge in [0.15, 0.2) is 11.5 Å². The van der Waals surface area contributed by atoms with Gasteiger partial charge in [0.05, 0.1) is 0 Å². The third-order valence-electron chi connectivity index (χ3n) is 3.17. The number of aromatic nitrogens is 2. The van der Waals surface area contributed by atoms with E-state index in [1.807, 2.05) is 6.07 Å². The van der Waals surface area contributed by atoms with Gasteiger partial charge in [-0.25, -0.2) is 9.97 Å². The Morgan fingerprint density at radius 2 is 2.19 bits per heavy atom. The second-order valence-corrected chi connectivity index (χ2v) is 4.47. The van der Waals surface area contributed by atoms with Gasteiger partial charge in [-0.05, 0) is 24.7 Å². The number of hydrogen-bond donors (Lipinski definition) is 1. The molecule has 16 heavy (non-hydrogen) atoms. The third kappa shape index (κ3) is 2.30. The Hall–Kier alpha value is -1.63. The predicted molar refractivity (Wildman–Crippen MR) is 61.8 cm³/mol. The van der Waals surface area contributed by atoms with E-state index in [1.165, 1.54) is 25.7 Å². The van der Waals surface area contributed by atoms with E-state index in [1.54, 1.807) is 12.4 Å². The zero-order chi connectivity index (χ0) is 11.4. The molecule has 1 aromatic rings. The van der Waals surface area contributed by atoms with E-state index in [2.05, 4.69) is 22.2 Å². The monoisotopic (exact) mass is 216 g/mol. The van der Waals surface area contributed by atoms with Crippen LogP contribution in [0.4, 0.5) is 5.82 Å². The second kappa shape index (κ2) is 4.48. The van der Waals surface area contributed by atoms with Gasteiger partial charge in [0.25, 0.3) is 0 Å². The van der Waals surface area contributed by atoms with Crippen LogP contribution in [-0.4, -0.2) is 16.5 Å². The van der Waals surface area contributed by atoms with Crippen LogP contribution in [-0.2, 0) is 0 Å². The van der Waals surface area contributed by atoms with Crippen molar-refractivity contribution in [1.29, 1.82) is 5.26 Å². The van der Waals surface area contributed by atoms with Gasteiger partial charge in [-0.15, -0.1) is 0 Å². The molecule has 1 aliphatic carbocycles. The van der Waals surface area contributed by atoms with Gasteiger partial charge in [-0.1, -0.05) is 13.3 Å². The number of rotatable bonds is 5. The van der Waals surface area contributed by atoms with E-state index in [9.17, 15) is 0 Å². The molecule has 0 atom stereocenters. The van der Waals surface area contributed by atoms with Crippen LogP contribution in [0.5, 0.6) is 0 Å². The highest BCUT2D eigenvalue weighted by molar-refractivity contribution is 5.46. The number of nitrogens with one attached hydrogen (secondary N) is 1. The third-order valence-corrected chi connectivity index (χ3v) is 3.17. The summed E-state index contributed by atoms with van der Waals surface area (Å²) in [6, 6.07) is 2.05. The predicted octanol–water partition coefficient (Wildman–Crippen LogP) is 2.34. The Morgan fingerprint density at radius 3 is 2.81 bits per heavy atom. The molecule has 2 rings (SSSR count). The molecular formula is C12H16N4. The Bertz CT molecular complexity index is 404. The summed E-state index contributed by atoms with van der Waals surface area (Å²) in [5.41, 5.74) is 0.841. The lowest BCUT2D eigenvalue weighted by molar-refractivity contribution is 0.485. The summed E-state index contributed by atoms with van der Waals surface area (Å²) in [7, 11) is 0. The summed E-state index contributed by atoms with van der Waals surface area (Å²) >= 11 is 0. The summed E-state index contributed by atoms with van der Waals surface area (Å²) in [5.74, 6) is 0.618. The normalized spacial score (nSPS) is 16.5. The van der Waals surface area contributed by atoms with Crippen molar-refractivity contribution in [3.63, 3.8) is 0 Å². The highest BCUT2D eigenvalue weighted by Crippen LogP contribution is 2.49. The fourth-order valence-electron chi connectivity index (χ4n) is 2.04. The first kappa shape index (κ1) is 10.9. The van der Waals surface area contributed by atoms with Crippen molar-refractivity contribution in [2.24, 2.45) is 5.41 Å². The molecule has 4 nitrogen and oxygen atoms in total. The van der Waals surface area contributed by atoms with Crippen molar-refractivity contribution in [3.8, 4) is 6.07 Å². The Morgan fingerprint density at radius 1 is 1.44 bits per heavy atom. The molecule has 1 saturated carbocycles.